The van der Waals surface area contributed by atoms with Crippen molar-refractivity contribution in [1.82, 2.24) is 0 Å². The third-order valence-corrected chi connectivity index (χ3v) is 2.30. The second kappa shape index (κ2) is 6.81. The first-order valence-corrected chi connectivity index (χ1v) is 5.19. The van der Waals surface area contributed by atoms with E-state index in [0.717, 1.165) is 12.4 Å². The Balaban J connectivity index is 2.89. The Morgan fingerprint density at radius 3 is 2.44 bits per heavy atom. The molecule has 0 atom stereocenters. The molecule has 6 heteroatoms. The SMILES string of the molecule is [N-]=[N+]=CC(=O)CCc1ccccc1C(=O)C=[N+]=[N-]. The smallest absolute Gasteiger partial charge is 0.328 e. The van der Waals surface area contributed by atoms with Crippen LogP contribution >= 0.6 is 0 Å². The molecule has 90 valence electrons. The minimum atomic E-state index is -0.434. The zero-order valence-corrected chi connectivity index (χ0v) is 9.48. The van der Waals surface area contributed by atoms with Crippen molar-refractivity contribution in [1.29, 1.82) is 0 Å². The molecule has 0 fully saturated rings. The number of hydrogen-bond donors (Lipinski definition) is 0. The fraction of sp³-hybridized carbons (Fsp3) is 0.167. The van der Waals surface area contributed by atoms with Crippen molar-refractivity contribution < 1.29 is 19.2 Å². The van der Waals surface area contributed by atoms with Crippen molar-refractivity contribution in [3.05, 3.63) is 46.5 Å². The van der Waals surface area contributed by atoms with Crippen LogP contribution in [0, 0.1) is 0 Å². The van der Waals surface area contributed by atoms with Gasteiger partial charge in [0.1, 0.15) is 0 Å². The Bertz CT molecular complexity index is 567. The molecular weight excluding hydrogens is 232 g/mol. The first kappa shape index (κ1) is 13.4. The molecule has 1 aromatic rings. The molecule has 1 aromatic carbocycles. The van der Waals surface area contributed by atoms with Crippen LogP contribution in [-0.4, -0.2) is 33.6 Å². The Morgan fingerprint density at radius 1 is 1.11 bits per heavy atom. The molecule has 0 spiro atoms. The van der Waals surface area contributed by atoms with E-state index >= 15 is 0 Å². The Labute approximate surface area is 103 Å². The van der Waals surface area contributed by atoms with Crippen molar-refractivity contribution in [2.24, 2.45) is 0 Å². The maximum absolute atomic E-state index is 11.6. The van der Waals surface area contributed by atoms with Gasteiger partial charge in [0.2, 0.25) is 5.78 Å². The van der Waals surface area contributed by atoms with Gasteiger partial charge < -0.3 is 11.1 Å². The highest BCUT2D eigenvalue weighted by Crippen LogP contribution is 2.11. The van der Waals surface area contributed by atoms with Crippen LogP contribution in [0.2, 0.25) is 0 Å². The normalized spacial score (nSPS) is 8.89. The standard InChI is InChI=1S/C12H10N4O2/c13-15-7-10(17)6-5-9-3-1-2-4-11(9)12(18)8-16-14/h1-4,7-8H,5-6H2. The number of Topliss-reactive ketones (excluding diaryl/α,β-unsaturated/α-hetero) is 2. The summed E-state index contributed by atoms with van der Waals surface area (Å²) in [5.41, 5.74) is 17.6. The van der Waals surface area contributed by atoms with Crippen LogP contribution in [0.15, 0.2) is 24.3 Å². The lowest BCUT2D eigenvalue weighted by Crippen LogP contribution is -2.08. The van der Waals surface area contributed by atoms with Gasteiger partial charge in [0.25, 0.3) is 5.78 Å². The summed E-state index contributed by atoms with van der Waals surface area (Å²) >= 11 is 0. The third kappa shape index (κ3) is 3.72. The second-order valence-electron chi connectivity index (χ2n) is 3.48. The maximum atomic E-state index is 11.6. The molecule has 6 nitrogen and oxygen atoms in total. The van der Waals surface area contributed by atoms with E-state index in [9.17, 15) is 9.59 Å². The summed E-state index contributed by atoms with van der Waals surface area (Å²) in [5, 5.41) is 0. The second-order valence-corrected chi connectivity index (χ2v) is 3.48. The third-order valence-electron chi connectivity index (χ3n) is 2.30. The summed E-state index contributed by atoms with van der Waals surface area (Å²) in [6.07, 6.45) is 2.09. The molecule has 0 aromatic heterocycles. The quantitative estimate of drug-likeness (QED) is 0.320. The summed E-state index contributed by atoms with van der Waals surface area (Å²) in [5.74, 6) is -0.771. The lowest BCUT2D eigenvalue weighted by molar-refractivity contribution is -0.116. The number of ketones is 2. The first-order valence-electron chi connectivity index (χ1n) is 5.19. The minimum absolute atomic E-state index is 0.130. The Kier molecular flexibility index (Phi) is 5.06. The van der Waals surface area contributed by atoms with Crippen LogP contribution in [0.3, 0.4) is 0 Å². The van der Waals surface area contributed by atoms with E-state index in [0.29, 0.717) is 17.5 Å². The number of carbonyl (C=O) groups excluding carboxylic acids is 2. The molecule has 0 saturated heterocycles. The topological polar surface area (TPSA) is 107 Å². The fourth-order valence-electron chi connectivity index (χ4n) is 1.49. The summed E-state index contributed by atoms with van der Waals surface area (Å²) in [6, 6.07) is 6.72. The number of rotatable bonds is 6. The summed E-state index contributed by atoms with van der Waals surface area (Å²) < 4.78 is 0. The molecule has 0 heterocycles. The Morgan fingerprint density at radius 2 is 1.78 bits per heavy atom. The van der Waals surface area contributed by atoms with Crippen molar-refractivity contribution >= 4 is 24.0 Å². The highest BCUT2D eigenvalue weighted by atomic mass is 16.1. The van der Waals surface area contributed by atoms with Crippen molar-refractivity contribution in [3.8, 4) is 0 Å². The lowest BCUT2D eigenvalue weighted by Gasteiger charge is -2.02. The van der Waals surface area contributed by atoms with Gasteiger partial charge in [-0.3, -0.25) is 9.59 Å². The van der Waals surface area contributed by atoms with Gasteiger partial charge in [0.15, 0.2) is 0 Å². The van der Waals surface area contributed by atoms with E-state index in [2.05, 4.69) is 9.58 Å². The molecule has 18 heavy (non-hydrogen) atoms. The molecular formula is C12H10N4O2. The highest BCUT2D eigenvalue weighted by Gasteiger charge is 2.13. The van der Waals surface area contributed by atoms with Gasteiger partial charge in [-0.2, -0.15) is 9.58 Å². The van der Waals surface area contributed by atoms with E-state index in [1.54, 1.807) is 24.3 Å². The fourth-order valence-corrected chi connectivity index (χ4v) is 1.49. The average molecular weight is 242 g/mol. The van der Waals surface area contributed by atoms with Crippen molar-refractivity contribution in [3.63, 3.8) is 0 Å². The summed E-state index contributed by atoms with van der Waals surface area (Å²) in [6.45, 7) is 0. The zero-order valence-electron chi connectivity index (χ0n) is 9.48. The Hall–Kier alpha value is -2.68. The van der Waals surface area contributed by atoms with Crippen LogP contribution in [0.1, 0.15) is 22.3 Å². The lowest BCUT2D eigenvalue weighted by atomic mass is 9.99. The van der Waals surface area contributed by atoms with Gasteiger partial charge >= 0.3 is 12.4 Å². The van der Waals surface area contributed by atoms with Crippen LogP contribution in [0.25, 0.3) is 11.1 Å². The molecule has 0 bridgehead atoms. The van der Waals surface area contributed by atoms with Gasteiger partial charge in [-0.05, 0) is 12.0 Å². The molecule has 1 rings (SSSR count). The molecule has 0 N–H and O–H groups in total. The zero-order chi connectivity index (χ0) is 13.4. The van der Waals surface area contributed by atoms with Crippen LogP contribution in [0.4, 0.5) is 0 Å². The van der Waals surface area contributed by atoms with E-state index in [1.807, 2.05) is 0 Å². The minimum Gasteiger partial charge on any atom is -0.361 e. The number of aryl methyl sites for hydroxylation is 1. The molecule has 0 radical (unpaired) electrons. The number of benzene rings is 1. The molecule has 0 unspecified atom stereocenters. The summed E-state index contributed by atoms with van der Waals surface area (Å²) in [4.78, 5) is 28.1. The van der Waals surface area contributed by atoms with Gasteiger partial charge in [-0.1, -0.05) is 24.3 Å². The first-order chi connectivity index (χ1) is 8.69. The number of nitrogens with zero attached hydrogens (tertiary/aromatic N) is 4. The van der Waals surface area contributed by atoms with Crippen molar-refractivity contribution in [2.75, 3.05) is 0 Å². The largest absolute Gasteiger partial charge is 0.361 e. The molecule has 0 aliphatic carbocycles. The molecule has 0 saturated carbocycles. The van der Waals surface area contributed by atoms with Gasteiger partial charge in [0.05, 0.1) is 0 Å². The average Bonchev–Trinajstić information content (AvgIpc) is 2.37. The molecule has 0 amide bonds. The van der Waals surface area contributed by atoms with Crippen LogP contribution in [0.5, 0.6) is 0 Å². The van der Waals surface area contributed by atoms with Crippen molar-refractivity contribution in [2.45, 2.75) is 12.8 Å². The maximum Gasteiger partial charge on any atom is 0.328 e. The van der Waals surface area contributed by atoms with E-state index in [4.69, 9.17) is 11.1 Å². The van der Waals surface area contributed by atoms with Gasteiger partial charge in [-0.25, -0.2) is 0 Å². The van der Waals surface area contributed by atoms with Gasteiger partial charge in [-0.15, -0.1) is 0 Å². The predicted octanol–water partition coefficient (Wildman–Crippen LogP) is 0.972. The van der Waals surface area contributed by atoms with E-state index in [1.165, 1.54) is 0 Å². The number of hydrogen-bond acceptors (Lipinski definition) is 2. The van der Waals surface area contributed by atoms with Crippen LogP contribution < -0.4 is 0 Å². The summed E-state index contributed by atoms with van der Waals surface area (Å²) in [7, 11) is 0. The van der Waals surface area contributed by atoms with Gasteiger partial charge in [0, 0.05) is 12.0 Å². The van der Waals surface area contributed by atoms with Crippen LogP contribution in [-0.2, 0) is 11.2 Å². The monoisotopic (exact) mass is 242 g/mol. The molecule has 0 aliphatic rings. The van der Waals surface area contributed by atoms with E-state index < -0.39 is 5.78 Å². The van der Waals surface area contributed by atoms with E-state index in [-0.39, 0.29) is 12.2 Å². The molecule has 0 aliphatic heterocycles. The predicted molar refractivity (Wildman–Crippen MR) is 63.5 cm³/mol. The number of carbonyl (C=O) groups is 2. The highest BCUT2D eigenvalue weighted by molar-refractivity contribution is 6.34.